The van der Waals surface area contributed by atoms with Gasteiger partial charge in [-0.15, -0.1) is 0 Å². The van der Waals surface area contributed by atoms with Crippen molar-refractivity contribution in [1.82, 2.24) is 4.98 Å². The van der Waals surface area contributed by atoms with Crippen molar-refractivity contribution in [2.24, 2.45) is 5.92 Å². The van der Waals surface area contributed by atoms with Crippen molar-refractivity contribution in [3.63, 3.8) is 0 Å². The molecule has 17 heavy (non-hydrogen) atoms. The lowest BCUT2D eigenvalue weighted by Crippen LogP contribution is -2.00. The Labute approximate surface area is 99.1 Å². The maximum atomic E-state index is 11.0. The van der Waals surface area contributed by atoms with E-state index in [2.05, 4.69) is 4.98 Å². The third kappa shape index (κ3) is 1.68. The molecule has 3 heteroatoms. The van der Waals surface area contributed by atoms with Crippen LogP contribution >= 0.6 is 0 Å². The summed E-state index contributed by atoms with van der Waals surface area (Å²) in [6.07, 6.45) is 0.753. The summed E-state index contributed by atoms with van der Waals surface area (Å²) in [5.41, 5.74) is 3.05. The molecule has 0 amide bonds. The maximum absolute atomic E-state index is 11.0. The third-order valence-electron chi connectivity index (χ3n) is 3.38. The molecule has 1 heterocycles. The number of aryl methyl sites for hydroxylation is 1. The van der Waals surface area contributed by atoms with Crippen molar-refractivity contribution in [2.75, 3.05) is 0 Å². The molecule has 3 nitrogen and oxygen atoms in total. The number of carbonyl (C=O) groups is 1. The highest BCUT2D eigenvalue weighted by Gasteiger charge is 2.44. The van der Waals surface area contributed by atoms with Crippen molar-refractivity contribution in [2.45, 2.75) is 19.3 Å². The van der Waals surface area contributed by atoms with Crippen LogP contribution in [0.15, 0.2) is 30.3 Å². The summed E-state index contributed by atoms with van der Waals surface area (Å²) in [5.74, 6) is -0.729. The molecule has 1 aliphatic carbocycles. The van der Waals surface area contributed by atoms with Crippen LogP contribution in [0, 0.1) is 12.8 Å². The molecular weight excluding hydrogens is 214 g/mol. The second-order valence-electron chi connectivity index (χ2n) is 4.66. The molecule has 1 N–H and O–H groups in total. The van der Waals surface area contributed by atoms with E-state index in [9.17, 15) is 4.79 Å². The first-order chi connectivity index (χ1) is 8.16. The van der Waals surface area contributed by atoms with Gasteiger partial charge in [-0.2, -0.15) is 0 Å². The number of carboxylic acid groups (broad SMARTS) is 1. The van der Waals surface area contributed by atoms with E-state index in [-0.39, 0.29) is 11.8 Å². The predicted octanol–water partition coefficient (Wildman–Crippen LogP) is 2.73. The van der Waals surface area contributed by atoms with Crippen molar-refractivity contribution < 1.29 is 9.90 Å². The Balaban J connectivity index is 2.13. The van der Waals surface area contributed by atoms with Crippen LogP contribution in [0.2, 0.25) is 0 Å². The monoisotopic (exact) mass is 227 g/mol. The Hall–Kier alpha value is -1.90. The van der Waals surface area contributed by atoms with Gasteiger partial charge in [0, 0.05) is 11.1 Å². The van der Waals surface area contributed by atoms with E-state index in [0.717, 1.165) is 28.6 Å². The van der Waals surface area contributed by atoms with Crippen LogP contribution in [-0.4, -0.2) is 16.1 Å². The highest BCUT2D eigenvalue weighted by Crippen LogP contribution is 2.49. The minimum Gasteiger partial charge on any atom is -0.481 e. The predicted molar refractivity (Wildman–Crippen MR) is 65.0 cm³/mol. The number of pyridine rings is 1. The van der Waals surface area contributed by atoms with Gasteiger partial charge in [-0.3, -0.25) is 9.78 Å². The van der Waals surface area contributed by atoms with Gasteiger partial charge in [0.05, 0.1) is 11.4 Å². The lowest BCUT2D eigenvalue weighted by molar-refractivity contribution is -0.138. The number of hydrogen-bond acceptors (Lipinski definition) is 2. The van der Waals surface area contributed by atoms with Crippen molar-refractivity contribution >= 4 is 16.9 Å². The second kappa shape index (κ2) is 3.55. The van der Waals surface area contributed by atoms with Gasteiger partial charge >= 0.3 is 5.97 Å². The van der Waals surface area contributed by atoms with Gasteiger partial charge in [-0.05, 0) is 37.0 Å². The fourth-order valence-corrected chi connectivity index (χ4v) is 2.46. The Morgan fingerprint density at radius 3 is 2.88 bits per heavy atom. The number of benzene rings is 1. The van der Waals surface area contributed by atoms with Crippen LogP contribution in [0.5, 0.6) is 0 Å². The number of fused-ring (bicyclic) bond motifs is 1. The molecule has 0 unspecified atom stereocenters. The summed E-state index contributed by atoms with van der Waals surface area (Å²) >= 11 is 0. The average molecular weight is 227 g/mol. The molecule has 2 aromatic rings. The van der Waals surface area contributed by atoms with Crippen LogP contribution in [0.4, 0.5) is 0 Å². The minimum absolute atomic E-state index is 0.166. The highest BCUT2D eigenvalue weighted by molar-refractivity contribution is 5.85. The second-order valence-corrected chi connectivity index (χ2v) is 4.66. The van der Waals surface area contributed by atoms with Gasteiger partial charge in [0.15, 0.2) is 0 Å². The maximum Gasteiger partial charge on any atom is 0.307 e. The Bertz CT molecular complexity index is 606. The summed E-state index contributed by atoms with van der Waals surface area (Å²) in [6.45, 7) is 1.95. The van der Waals surface area contributed by atoms with Gasteiger partial charge in [0.25, 0.3) is 0 Å². The zero-order valence-corrected chi connectivity index (χ0v) is 9.55. The number of hydrogen-bond donors (Lipinski definition) is 1. The quantitative estimate of drug-likeness (QED) is 0.858. The fourth-order valence-electron chi connectivity index (χ4n) is 2.46. The van der Waals surface area contributed by atoms with E-state index in [1.54, 1.807) is 0 Å². The summed E-state index contributed by atoms with van der Waals surface area (Å²) in [5, 5.41) is 10.1. The number of para-hydroxylation sites is 1. The first kappa shape index (κ1) is 10.3. The van der Waals surface area contributed by atoms with Gasteiger partial charge in [0.2, 0.25) is 0 Å². The standard InChI is InChI=1S/C14H13NO2/c1-8-6-10(11-7-12(11)14(16)17)9-4-2-3-5-13(9)15-8/h2-6,11-12H,7H2,1H3,(H,16,17)/t11-,12+/m0/s1. The molecule has 1 saturated carbocycles. The first-order valence-corrected chi connectivity index (χ1v) is 5.76. The van der Waals surface area contributed by atoms with Crippen LogP contribution in [0.3, 0.4) is 0 Å². The zero-order chi connectivity index (χ0) is 12.0. The average Bonchev–Trinajstić information content (AvgIpc) is 3.07. The summed E-state index contributed by atoms with van der Waals surface area (Å²) in [7, 11) is 0. The van der Waals surface area contributed by atoms with Gasteiger partial charge < -0.3 is 5.11 Å². The van der Waals surface area contributed by atoms with Crippen LogP contribution in [0.1, 0.15) is 23.6 Å². The fraction of sp³-hybridized carbons (Fsp3) is 0.286. The lowest BCUT2D eigenvalue weighted by atomic mass is 10.0. The van der Waals surface area contributed by atoms with E-state index in [4.69, 9.17) is 5.11 Å². The van der Waals surface area contributed by atoms with E-state index in [1.165, 1.54) is 0 Å². The molecule has 0 radical (unpaired) electrons. The molecule has 2 atom stereocenters. The largest absolute Gasteiger partial charge is 0.481 e. The molecule has 3 rings (SSSR count). The smallest absolute Gasteiger partial charge is 0.307 e. The van der Waals surface area contributed by atoms with Crippen molar-refractivity contribution in [3.05, 3.63) is 41.6 Å². The van der Waals surface area contributed by atoms with Crippen LogP contribution in [0.25, 0.3) is 10.9 Å². The molecule has 0 saturated heterocycles. The van der Waals surface area contributed by atoms with Crippen molar-refractivity contribution in [1.29, 1.82) is 0 Å². The molecule has 1 fully saturated rings. The summed E-state index contributed by atoms with van der Waals surface area (Å²) in [4.78, 5) is 15.4. The topological polar surface area (TPSA) is 50.2 Å². The summed E-state index contributed by atoms with van der Waals surface area (Å²) in [6, 6.07) is 9.95. The molecule has 0 bridgehead atoms. The van der Waals surface area contributed by atoms with E-state index >= 15 is 0 Å². The Morgan fingerprint density at radius 1 is 1.41 bits per heavy atom. The lowest BCUT2D eigenvalue weighted by Gasteiger charge is -2.06. The Kier molecular flexibility index (Phi) is 2.15. The number of carboxylic acids is 1. The number of aromatic nitrogens is 1. The van der Waals surface area contributed by atoms with Gasteiger partial charge in [0.1, 0.15) is 0 Å². The molecule has 0 spiro atoms. The molecule has 1 aliphatic rings. The molecular formula is C14H13NO2. The molecule has 1 aromatic carbocycles. The Morgan fingerprint density at radius 2 is 2.18 bits per heavy atom. The van der Waals surface area contributed by atoms with E-state index in [0.29, 0.717) is 0 Å². The zero-order valence-electron chi connectivity index (χ0n) is 9.55. The van der Waals surface area contributed by atoms with Crippen molar-refractivity contribution in [3.8, 4) is 0 Å². The SMILES string of the molecule is Cc1cc([C@@H]2C[C@H]2C(=O)O)c2ccccc2n1. The third-order valence-corrected chi connectivity index (χ3v) is 3.38. The molecule has 1 aromatic heterocycles. The van der Waals surface area contributed by atoms with Gasteiger partial charge in [-0.25, -0.2) is 0 Å². The van der Waals surface area contributed by atoms with Crippen LogP contribution in [-0.2, 0) is 4.79 Å². The number of aliphatic carboxylic acids is 1. The first-order valence-electron chi connectivity index (χ1n) is 5.76. The summed E-state index contributed by atoms with van der Waals surface area (Å²) < 4.78 is 0. The number of rotatable bonds is 2. The van der Waals surface area contributed by atoms with E-state index in [1.807, 2.05) is 37.3 Å². The van der Waals surface area contributed by atoms with Crippen LogP contribution < -0.4 is 0 Å². The number of nitrogens with zero attached hydrogens (tertiary/aromatic N) is 1. The van der Waals surface area contributed by atoms with E-state index < -0.39 is 5.97 Å². The normalized spacial score (nSPS) is 22.6. The minimum atomic E-state index is -0.687. The molecule has 0 aliphatic heterocycles. The van der Waals surface area contributed by atoms with Gasteiger partial charge in [-0.1, -0.05) is 18.2 Å². The highest BCUT2D eigenvalue weighted by atomic mass is 16.4. The molecule has 86 valence electrons.